The van der Waals surface area contributed by atoms with E-state index in [2.05, 4.69) is 24.1 Å². The Bertz CT molecular complexity index is 642. The number of hydrogen-bond donors (Lipinski definition) is 1. The minimum atomic E-state index is -3.44. The molecule has 3 rings (SSSR count). The number of H-pyrrole nitrogens is 1. The van der Waals surface area contributed by atoms with Gasteiger partial charge in [0.15, 0.2) is 0 Å². The van der Waals surface area contributed by atoms with E-state index in [1.807, 2.05) is 6.07 Å². The van der Waals surface area contributed by atoms with Gasteiger partial charge in [0, 0.05) is 19.2 Å². The summed E-state index contributed by atoms with van der Waals surface area (Å²) in [6.45, 7) is 6.35. The number of hydrogen-bond acceptors (Lipinski definition) is 4. The average molecular weight is 354 g/mol. The van der Waals surface area contributed by atoms with Crippen LogP contribution in [0.15, 0.2) is 23.2 Å². The van der Waals surface area contributed by atoms with Crippen molar-refractivity contribution in [3.63, 3.8) is 0 Å². The van der Waals surface area contributed by atoms with Gasteiger partial charge in [-0.1, -0.05) is 20.3 Å². The zero-order valence-electron chi connectivity index (χ0n) is 14.5. The van der Waals surface area contributed by atoms with Crippen molar-refractivity contribution < 1.29 is 18.1 Å². The van der Waals surface area contributed by atoms with Gasteiger partial charge in [-0.15, -0.1) is 0 Å². The smallest absolute Gasteiger partial charge is 0.272 e. The van der Waals surface area contributed by atoms with Crippen molar-refractivity contribution in [2.75, 3.05) is 31.6 Å². The van der Waals surface area contributed by atoms with Gasteiger partial charge in [-0.2, -0.15) is 4.31 Å². The molecule has 3 atom stereocenters. The highest BCUT2D eigenvalue weighted by atomic mass is 32.2. The number of nitrogens with one attached hydrogen (secondary N) is 2. The molecule has 24 heavy (non-hydrogen) atoms. The van der Waals surface area contributed by atoms with E-state index in [0.29, 0.717) is 43.2 Å². The Morgan fingerprint density at radius 3 is 2.62 bits per heavy atom. The van der Waals surface area contributed by atoms with Crippen LogP contribution < -0.4 is 10.3 Å². The van der Waals surface area contributed by atoms with Crippen LogP contribution in [0.3, 0.4) is 0 Å². The summed E-state index contributed by atoms with van der Waals surface area (Å²) in [5, 5.41) is 3.54. The minimum absolute atomic E-state index is 0.306. The van der Waals surface area contributed by atoms with E-state index in [1.54, 1.807) is 12.3 Å². The molecule has 1 aliphatic heterocycles. The van der Waals surface area contributed by atoms with Crippen LogP contribution in [-0.2, 0) is 14.8 Å². The molecule has 1 aromatic heterocycles. The topological polar surface area (TPSA) is 72.8 Å². The highest BCUT2D eigenvalue weighted by Gasteiger charge is 2.31. The second kappa shape index (κ2) is 7.37. The first-order valence-electron chi connectivity index (χ1n) is 8.84. The number of sulfonamides is 1. The van der Waals surface area contributed by atoms with Gasteiger partial charge in [0.1, 0.15) is 11.1 Å². The fourth-order valence-corrected chi connectivity index (χ4v) is 4.96. The lowest BCUT2D eigenvalue weighted by molar-refractivity contribution is -0.364. The van der Waals surface area contributed by atoms with E-state index in [9.17, 15) is 8.42 Å². The average Bonchev–Trinajstić information content (AvgIpc) is 2.60. The predicted octanol–water partition coefficient (Wildman–Crippen LogP) is 1.76. The first kappa shape index (κ1) is 17.6. The fourth-order valence-electron chi connectivity index (χ4n) is 3.58. The number of aromatic amines is 1. The second-order valence-electron chi connectivity index (χ2n) is 6.97. The molecule has 0 bridgehead atoms. The lowest BCUT2D eigenvalue weighted by Gasteiger charge is -2.31. The maximum Gasteiger partial charge on any atom is 0.272 e. The number of ether oxygens (including phenoxy) is 1. The third-order valence-corrected chi connectivity index (χ3v) is 7.33. The summed E-state index contributed by atoms with van der Waals surface area (Å²) in [7, 11) is -3.44. The van der Waals surface area contributed by atoms with E-state index < -0.39 is 10.0 Å². The van der Waals surface area contributed by atoms with Crippen LogP contribution in [0.5, 0.6) is 0 Å². The highest BCUT2D eigenvalue weighted by Crippen LogP contribution is 2.31. The van der Waals surface area contributed by atoms with Crippen molar-refractivity contribution in [1.29, 1.82) is 0 Å². The van der Waals surface area contributed by atoms with Crippen molar-refractivity contribution in [3.8, 4) is 0 Å². The Labute approximate surface area is 144 Å². The van der Waals surface area contributed by atoms with Crippen molar-refractivity contribution >= 4 is 15.8 Å². The largest absolute Gasteiger partial charge is 0.379 e. The molecule has 1 aliphatic carbocycles. The fraction of sp³-hybridized carbons (Fsp3) is 0.706. The van der Waals surface area contributed by atoms with Gasteiger partial charge in [0.2, 0.25) is 10.0 Å². The van der Waals surface area contributed by atoms with E-state index >= 15 is 0 Å². The van der Waals surface area contributed by atoms with Crippen LogP contribution in [0.25, 0.3) is 0 Å². The number of rotatable bonds is 4. The van der Waals surface area contributed by atoms with Crippen LogP contribution in [-0.4, -0.2) is 45.1 Å². The van der Waals surface area contributed by atoms with Crippen LogP contribution in [0.4, 0.5) is 5.82 Å². The van der Waals surface area contributed by atoms with Gasteiger partial charge < -0.3 is 4.74 Å². The van der Waals surface area contributed by atoms with Crippen molar-refractivity contribution in [2.24, 2.45) is 11.8 Å². The zero-order chi connectivity index (χ0) is 17.2. The third-order valence-electron chi connectivity index (χ3n) is 5.44. The molecule has 7 heteroatoms. The number of nitrogens with zero attached hydrogens (tertiary/aromatic N) is 1. The summed E-state index contributed by atoms with van der Waals surface area (Å²) in [6, 6.07) is 3.95. The Morgan fingerprint density at radius 2 is 1.96 bits per heavy atom. The van der Waals surface area contributed by atoms with Gasteiger partial charge in [0.25, 0.3) is 5.82 Å². The standard InChI is InChI=1S/C17H27N3O3S/c1-13-4-3-5-16(14(13)2)19-17-7-6-15(12-18-17)24(21,22)20-8-10-23-11-9-20/h6-7,12-14,16H,3-5,8-11H2,1-2H3,(H,18,19)/p+1/t13-,14-,16+/m1/s1. The maximum absolute atomic E-state index is 12.6. The molecule has 0 spiro atoms. The molecule has 1 saturated heterocycles. The Balaban J connectivity index is 1.69. The normalized spacial score (nSPS) is 29.3. The molecule has 6 nitrogen and oxygen atoms in total. The lowest BCUT2D eigenvalue weighted by atomic mass is 9.78. The van der Waals surface area contributed by atoms with Crippen molar-refractivity contribution in [3.05, 3.63) is 18.3 Å². The van der Waals surface area contributed by atoms with Gasteiger partial charge >= 0.3 is 0 Å². The van der Waals surface area contributed by atoms with Crippen LogP contribution in [0.1, 0.15) is 33.1 Å². The highest BCUT2D eigenvalue weighted by molar-refractivity contribution is 7.89. The monoisotopic (exact) mass is 354 g/mol. The summed E-state index contributed by atoms with van der Waals surface area (Å²) in [4.78, 5) is 3.42. The lowest BCUT2D eigenvalue weighted by Crippen LogP contribution is -2.41. The van der Waals surface area contributed by atoms with E-state index in [4.69, 9.17) is 4.74 Å². The summed E-state index contributed by atoms with van der Waals surface area (Å²) in [5.74, 6) is 2.21. The van der Waals surface area contributed by atoms with Gasteiger partial charge in [-0.3, -0.25) is 5.32 Å². The molecule has 0 radical (unpaired) electrons. The van der Waals surface area contributed by atoms with Gasteiger partial charge in [-0.25, -0.2) is 13.4 Å². The molecule has 2 fully saturated rings. The van der Waals surface area contributed by atoms with Gasteiger partial charge in [0.05, 0.1) is 19.3 Å². The SMILES string of the molecule is C[C@@H]1[C@H](C)CCC[C@@H]1Nc1ccc(S(=O)(=O)N2CCOCC2)c[nH+]1. The maximum atomic E-state index is 12.6. The van der Waals surface area contributed by atoms with E-state index in [-0.39, 0.29) is 0 Å². The minimum Gasteiger partial charge on any atom is -0.379 e. The predicted molar refractivity (Wildman–Crippen MR) is 92.2 cm³/mol. The quantitative estimate of drug-likeness (QED) is 0.894. The van der Waals surface area contributed by atoms with Crippen LogP contribution >= 0.6 is 0 Å². The number of aromatic nitrogens is 1. The third kappa shape index (κ3) is 3.73. The van der Waals surface area contributed by atoms with Crippen molar-refractivity contribution in [1.82, 2.24) is 4.31 Å². The van der Waals surface area contributed by atoms with Crippen molar-refractivity contribution in [2.45, 2.75) is 44.0 Å². The summed E-state index contributed by atoms with van der Waals surface area (Å²) < 4.78 is 31.9. The summed E-state index contributed by atoms with van der Waals surface area (Å²) in [6.07, 6.45) is 5.28. The molecule has 1 saturated carbocycles. The molecule has 2 aliphatic rings. The number of anilines is 1. The molecular weight excluding hydrogens is 326 g/mol. The molecule has 0 amide bonds. The Morgan fingerprint density at radius 1 is 1.21 bits per heavy atom. The molecule has 2 heterocycles. The first-order valence-corrected chi connectivity index (χ1v) is 10.3. The Hall–Kier alpha value is -1.18. The summed E-state index contributed by atoms with van der Waals surface area (Å²) >= 11 is 0. The molecule has 1 aromatic rings. The molecular formula is C17H28N3O3S+. The van der Waals surface area contributed by atoms with Crippen LogP contribution in [0, 0.1) is 11.8 Å². The Kier molecular flexibility index (Phi) is 5.42. The van der Waals surface area contributed by atoms with Gasteiger partial charge in [-0.05, 0) is 30.7 Å². The second-order valence-corrected chi connectivity index (χ2v) is 8.91. The van der Waals surface area contributed by atoms with E-state index in [0.717, 1.165) is 18.2 Å². The summed E-state index contributed by atoms with van der Waals surface area (Å²) in [5.41, 5.74) is 0. The first-order chi connectivity index (χ1) is 11.5. The zero-order valence-corrected chi connectivity index (χ0v) is 15.3. The number of pyridine rings is 1. The molecule has 0 unspecified atom stereocenters. The number of morpholine rings is 1. The molecule has 134 valence electrons. The molecule has 2 N–H and O–H groups in total. The van der Waals surface area contributed by atoms with Crippen LogP contribution in [0.2, 0.25) is 0 Å². The molecule has 0 aromatic carbocycles. The van der Waals surface area contributed by atoms with E-state index in [1.165, 1.54) is 17.1 Å².